The van der Waals surface area contributed by atoms with Crippen molar-refractivity contribution in [3.8, 4) is 0 Å². The quantitative estimate of drug-likeness (QED) is 0.785. The van der Waals surface area contributed by atoms with Crippen molar-refractivity contribution in [3.05, 3.63) is 65.2 Å². The zero-order valence-corrected chi connectivity index (χ0v) is 12.7. The maximum absolute atomic E-state index is 3.77. The molecule has 2 aliphatic rings. The summed E-state index contributed by atoms with van der Waals surface area (Å²) in [6, 6.07) is 18.5. The molecule has 2 aromatic carbocycles. The van der Waals surface area contributed by atoms with Crippen molar-refractivity contribution in [1.82, 2.24) is 0 Å². The highest BCUT2D eigenvalue weighted by Crippen LogP contribution is 2.40. The first-order valence-electron chi connectivity index (χ1n) is 8.25. The van der Waals surface area contributed by atoms with E-state index in [1.54, 1.807) is 5.56 Å². The number of para-hydroxylation sites is 1. The molecule has 1 heterocycles. The highest BCUT2D eigenvalue weighted by molar-refractivity contribution is 5.55. The second-order valence-electron chi connectivity index (χ2n) is 6.76. The molecular weight excluding hydrogens is 254 g/mol. The second-order valence-corrected chi connectivity index (χ2v) is 6.76. The molecule has 1 saturated carbocycles. The molecule has 2 aromatic rings. The molecule has 1 fully saturated rings. The van der Waals surface area contributed by atoms with Crippen LogP contribution < -0.4 is 5.32 Å². The molecule has 21 heavy (non-hydrogen) atoms. The summed E-state index contributed by atoms with van der Waals surface area (Å²) in [5, 5.41) is 3.77. The fraction of sp³-hybridized carbons (Fsp3) is 0.400. The first kappa shape index (κ1) is 12.9. The van der Waals surface area contributed by atoms with Crippen LogP contribution in [-0.2, 0) is 6.42 Å². The summed E-state index contributed by atoms with van der Waals surface area (Å²) in [4.78, 5) is 0. The number of anilines is 1. The molecule has 0 spiro atoms. The zero-order valence-electron chi connectivity index (χ0n) is 12.7. The Hall–Kier alpha value is -1.76. The van der Waals surface area contributed by atoms with Crippen molar-refractivity contribution in [2.24, 2.45) is 5.92 Å². The normalized spacial score (nSPS) is 24.8. The van der Waals surface area contributed by atoms with Crippen LogP contribution in [0.4, 0.5) is 5.69 Å². The van der Waals surface area contributed by atoms with Gasteiger partial charge in [-0.3, -0.25) is 0 Å². The van der Waals surface area contributed by atoms with Crippen molar-refractivity contribution in [1.29, 1.82) is 0 Å². The third kappa shape index (κ3) is 2.35. The van der Waals surface area contributed by atoms with Gasteiger partial charge in [0.25, 0.3) is 0 Å². The smallest absolute Gasteiger partial charge is 0.0542 e. The minimum atomic E-state index is 0.444. The van der Waals surface area contributed by atoms with Crippen LogP contribution in [0.15, 0.2) is 48.5 Å². The highest BCUT2D eigenvalue weighted by atomic mass is 14.9. The molecule has 0 amide bonds. The van der Waals surface area contributed by atoms with E-state index in [2.05, 4.69) is 60.8 Å². The molecule has 1 aliphatic heterocycles. The van der Waals surface area contributed by atoms with E-state index >= 15 is 0 Å². The minimum absolute atomic E-state index is 0.444. The van der Waals surface area contributed by atoms with E-state index in [9.17, 15) is 0 Å². The van der Waals surface area contributed by atoms with Crippen LogP contribution in [-0.4, -0.2) is 0 Å². The van der Waals surface area contributed by atoms with E-state index in [1.165, 1.54) is 42.5 Å². The van der Waals surface area contributed by atoms with Crippen LogP contribution in [0.25, 0.3) is 0 Å². The van der Waals surface area contributed by atoms with Crippen molar-refractivity contribution < 1.29 is 0 Å². The van der Waals surface area contributed by atoms with Crippen molar-refractivity contribution >= 4 is 5.69 Å². The van der Waals surface area contributed by atoms with Crippen LogP contribution in [0.5, 0.6) is 0 Å². The van der Waals surface area contributed by atoms with Crippen molar-refractivity contribution in [2.45, 2.75) is 44.6 Å². The summed E-state index contributed by atoms with van der Waals surface area (Å²) >= 11 is 0. The fourth-order valence-electron chi connectivity index (χ4n) is 3.77. The molecule has 4 rings (SSSR count). The van der Waals surface area contributed by atoms with Gasteiger partial charge < -0.3 is 5.32 Å². The lowest BCUT2D eigenvalue weighted by Gasteiger charge is -2.34. The Labute approximate surface area is 127 Å². The van der Waals surface area contributed by atoms with Crippen LogP contribution >= 0.6 is 0 Å². The average Bonchev–Trinajstić information content (AvgIpc) is 2.45. The SMILES string of the molecule is CC1Cc2ccccc2NC1c1cccc(C2CCC2)c1. The summed E-state index contributed by atoms with van der Waals surface area (Å²) in [6.07, 6.45) is 5.32. The Morgan fingerprint density at radius 3 is 2.57 bits per heavy atom. The topological polar surface area (TPSA) is 12.0 Å². The largest absolute Gasteiger partial charge is 0.378 e. The van der Waals surface area contributed by atoms with Gasteiger partial charge in [-0.2, -0.15) is 0 Å². The molecule has 1 heteroatoms. The van der Waals surface area contributed by atoms with Gasteiger partial charge in [0, 0.05) is 5.69 Å². The Morgan fingerprint density at radius 1 is 0.952 bits per heavy atom. The third-order valence-corrected chi connectivity index (χ3v) is 5.29. The van der Waals surface area contributed by atoms with Gasteiger partial charge in [0.2, 0.25) is 0 Å². The molecule has 2 atom stereocenters. The molecule has 0 radical (unpaired) electrons. The van der Waals surface area contributed by atoms with Gasteiger partial charge >= 0.3 is 0 Å². The maximum atomic E-state index is 3.77. The summed E-state index contributed by atoms with van der Waals surface area (Å²) in [5.74, 6) is 1.45. The Balaban J connectivity index is 1.64. The molecule has 1 aliphatic carbocycles. The molecule has 0 aromatic heterocycles. The van der Waals surface area contributed by atoms with Crippen LogP contribution in [0, 0.1) is 5.92 Å². The number of fused-ring (bicyclic) bond motifs is 1. The van der Waals surface area contributed by atoms with E-state index in [0.717, 1.165) is 5.92 Å². The monoisotopic (exact) mass is 277 g/mol. The number of hydrogen-bond acceptors (Lipinski definition) is 1. The van der Waals surface area contributed by atoms with Crippen LogP contribution in [0.3, 0.4) is 0 Å². The molecule has 1 N–H and O–H groups in total. The molecule has 108 valence electrons. The van der Waals surface area contributed by atoms with E-state index in [-0.39, 0.29) is 0 Å². The van der Waals surface area contributed by atoms with E-state index in [1.807, 2.05) is 0 Å². The number of nitrogens with one attached hydrogen (secondary N) is 1. The number of benzene rings is 2. The second kappa shape index (κ2) is 5.22. The first-order chi connectivity index (χ1) is 10.3. The highest BCUT2D eigenvalue weighted by Gasteiger charge is 2.27. The fourth-order valence-corrected chi connectivity index (χ4v) is 3.77. The van der Waals surface area contributed by atoms with Gasteiger partial charge in [-0.25, -0.2) is 0 Å². The zero-order chi connectivity index (χ0) is 14.2. The van der Waals surface area contributed by atoms with Crippen molar-refractivity contribution in [2.75, 3.05) is 5.32 Å². The Bertz CT molecular complexity index is 642. The van der Waals surface area contributed by atoms with Gasteiger partial charge in [-0.05, 0) is 53.9 Å². The predicted octanol–water partition coefficient (Wildman–Crippen LogP) is 5.30. The predicted molar refractivity (Wildman–Crippen MR) is 88.7 cm³/mol. The molecule has 1 nitrogen and oxygen atoms in total. The molecule has 2 unspecified atom stereocenters. The van der Waals surface area contributed by atoms with Gasteiger partial charge in [-0.15, -0.1) is 0 Å². The van der Waals surface area contributed by atoms with Gasteiger partial charge in [-0.1, -0.05) is 55.8 Å². The average molecular weight is 277 g/mol. The lowest BCUT2D eigenvalue weighted by Crippen LogP contribution is -2.26. The maximum Gasteiger partial charge on any atom is 0.0542 e. The van der Waals surface area contributed by atoms with Gasteiger partial charge in [0.1, 0.15) is 0 Å². The van der Waals surface area contributed by atoms with E-state index in [4.69, 9.17) is 0 Å². The van der Waals surface area contributed by atoms with E-state index in [0.29, 0.717) is 12.0 Å². The molecular formula is C20H23N. The summed E-state index contributed by atoms with van der Waals surface area (Å²) < 4.78 is 0. The summed E-state index contributed by atoms with van der Waals surface area (Å²) in [6.45, 7) is 2.36. The lowest BCUT2D eigenvalue weighted by molar-refractivity contribution is 0.418. The summed E-state index contributed by atoms with van der Waals surface area (Å²) in [5.41, 5.74) is 5.78. The van der Waals surface area contributed by atoms with E-state index < -0.39 is 0 Å². The third-order valence-electron chi connectivity index (χ3n) is 5.29. The van der Waals surface area contributed by atoms with Crippen LogP contribution in [0.2, 0.25) is 0 Å². The van der Waals surface area contributed by atoms with Crippen LogP contribution in [0.1, 0.15) is 54.8 Å². The first-order valence-corrected chi connectivity index (χ1v) is 8.25. The number of rotatable bonds is 2. The molecule has 0 bridgehead atoms. The molecule has 0 saturated heterocycles. The van der Waals surface area contributed by atoms with Gasteiger partial charge in [0.15, 0.2) is 0 Å². The van der Waals surface area contributed by atoms with Crippen molar-refractivity contribution in [3.63, 3.8) is 0 Å². The summed E-state index contributed by atoms with van der Waals surface area (Å²) in [7, 11) is 0. The lowest BCUT2D eigenvalue weighted by atomic mass is 9.78. The number of hydrogen-bond donors (Lipinski definition) is 1. The Morgan fingerprint density at radius 2 is 1.76 bits per heavy atom. The standard InChI is InChI=1S/C20H23N/c1-14-12-17-6-2-3-11-19(17)21-20(14)18-10-5-9-16(13-18)15-7-4-8-15/h2-3,5-6,9-11,13-15,20-21H,4,7-8,12H2,1H3. The minimum Gasteiger partial charge on any atom is -0.378 e. The van der Waals surface area contributed by atoms with Gasteiger partial charge in [0.05, 0.1) is 6.04 Å². The Kier molecular flexibility index (Phi) is 3.21.